The third kappa shape index (κ3) is 4.57. The smallest absolute Gasteiger partial charge is 0.254 e. The fraction of sp³-hybridized carbons (Fsp3) is 0.579. The summed E-state index contributed by atoms with van der Waals surface area (Å²) in [5.74, 6) is 0.597. The molecule has 0 saturated carbocycles. The Balaban J connectivity index is 1.96. The van der Waals surface area contributed by atoms with E-state index < -0.39 is 0 Å². The van der Waals surface area contributed by atoms with Gasteiger partial charge in [0.1, 0.15) is 0 Å². The van der Waals surface area contributed by atoms with E-state index in [9.17, 15) is 9.59 Å². The largest absolute Gasteiger partial charge is 0.356 e. The number of rotatable bonds is 5. The number of likely N-dealkylation sites (tertiary alicyclic amines) is 1. The van der Waals surface area contributed by atoms with Crippen molar-refractivity contribution >= 4 is 11.8 Å². The molecule has 0 bridgehead atoms. The molecule has 1 aromatic rings. The summed E-state index contributed by atoms with van der Waals surface area (Å²) in [6.45, 7) is 8.27. The fourth-order valence-corrected chi connectivity index (χ4v) is 3.14. The lowest BCUT2D eigenvalue weighted by Crippen LogP contribution is -2.43. The van der Waals surface area contributed by atoms with Crippen LogP contribution in [0.2, 0.25) is 0 Å². The number of benzene rings is 1. The molecule has 1 unspecified atom stereocenters. The van der Waals surface area contributed by atoms with Gasteiger partial charge in [-0.3, -0.25) is 9.59 Å². The Morgan fingerprint density at radius 2 is 2.09 bits per heavy atom. The van der Waals surface area contributed by atoms with Crippen molar-refractivity contribution in [2.75, 3.05) is 19.6 Å². The van der Waals surface area contributed by atoms with Crippen molar-refractivity contribution < 1.29 is 9.59 Å². The quantitative estimate of drug-likeness (QED) is 0.907. The second kappa shape index (κ2) is 8.14. The Morgan fingerprint density at radius 3 is 2.83 bits per heavy atom. The van der Waals surface area contributed by atoms with Crippen molar-refractivity contribution in [3.05, 3.63) is 34.9 Å². The van der Waals surface area contributed by atoms with Crippen LogP contribution in [0.4, 0.5) is 0 Å². The maximum atomic E-state index is 12.8. The van der Waals surface area contributed by atoms with E-state index in [2.05, 4.69) is 5.32 Å². The highest BCUT2D eigenvalue weighted by Gasteiger charge is 2.25. The molecule has 126 valence electrons. The number of hydrogen-bond donors (Lipinski definition) is 1. The molecule has 1 atom stereocenters. The Bertz CT molecular complexity index is 568. The van der Waals surface area contributed by atoms with E-state index in [1.165, 1.54) is 0 Å². The van der Waals surface area contributed by atoms with Gasteiger partial charge >= 0.3 is 0 Å². The van der Waals surface area contributed by atoms with Gasteiger partial charge < -0.3 is 10.2 Å². The maximum absolute atomic E-state index is 12.8. The van der Waals surface area contributed by atoms with Crippen LogP contribution >= 0.6 is 0 Å². The molecule has 1 fully saturated rings. The fourth-order valence-electron chi connectivity index (χ4n) is 3.14. The Hall–Kier alpha value is -1.84. The zero-order chi connectivity index (χ0) is 16.8. The van der Waals surface area contributed by atoms with Gasteiger partial charge in [-0.2, -0.15) is 0 Å². The first-order valence-corrected chi connectivity index (χ1v) is 8.65. The molecule has 1 aromatic carbocycles. The molecule has 1 aliphatic rings. The van der Waals surface area contributed by atoms with Gasteiger partial charge in [0.05, 0.1) is 0 Å². The molecular formula is C19H28N2O2. The van der Waals surface area contributed by atoms with Crippen LogP contribution in [-0.2, 0) is 4.79 Å². The van der Waals surface area contributed by atoms with Crippen LogP contribution in [0.3, 0.4) is 0 Å². The maximum Gasteiger partial charge on any atom is 0.254 e. The summed E-state index contributed by atoms with van der Waals surface area (Å²) in [5, 5.41) is 3.00. The molecule has 4 nitrogen and oxygen atoms in total. The SMILES string of the molecule is CCCC(=O)NCC1CCCN(C(=O)c2cccc(C)c2C)C1. The van der Waals surface area contributed by atoms with E-state index in [-0.39, 0.29) is 11.8 Å². The van der Waals surface area contributed by atoms with Gasteiger partial charge in [-0.05, 0) is 56.2 Å². The van der Waals surface area contributed by atoms with Gasteiger partial charge in [0.15, 0.2) is 0 Å². The highest BCUT2D eigenvalue weighted by molar-refractivity contribution is 5.96. The Morgan fingerprint density at radius 1 is 1.30 bits per heavy atom. The number of nitrogens with one attached hydrogen (secondary N) is 1. The zero-order valence-corrected chi connectivity index (χ0v) is 14.5. The third-order valence-corrected chi connectivity index (χ3v) is 4.71. The summed E-state index contributed by atoms with van der Waals surface area (Å²) < 4.78 is 0. The minimum absolute atomic E-state index is 0.116. The highest BCUT2D eigenvalue weighted by atomic mass is 16.2. The van der Waals surface area contributed by atoms with Crippen molar-refractivity contribution in [2.45, 2.75) is 46.5 Å². The molecule has 0 spiro atoms. The number of carbonyl (C=O) groups is 2. The topological polar surface area (TPSA) is 49.4 Å². The predicted octanol–water partition coefficient (Wildman–Crippen LogP) is 3.07. The van der Waals surface area contributed by atoms with Crippen LogP contribution in [0, 0.1) is 19.8 Å². The summed E-state index contributed by atoms with van der Waals surface area (Å²) in [6, 6.07) is 5.90. The lowest BCUT2D eigenvalue weighted by molar-refractivity contribution is -0.121. The van der Waals surface area contributed by atoms with Crippen LogP contribution in [0.5, 0.6) is 0 Å². The number of aryl methyl sites for hydroxylation is 1. The van der Waals surface area contributed by atoms with Crippen LogP contribution in [0.15, 0.2) is 18.2 Å². The van der Waals surface area contributed by atoms with E-state index in [0.29, 0.717) is 18.9 Å². The molecular weight excluding hydrogens is 288 g/mol. The number of piperidine rings is 1. The number of nitrogens with zero attached hydrogens (tertiary/aromatic N) is 1. The molecule has 1 aliphatic heterocycles. The van der Waals surface area contributed by atoms with Crippen molar-refractivity contribution in [1.82, 2.24) is 10.2 Å². The minimum Gasteiger partial charge on any atom is -0.356 e. The zero-order valence-electron chi connectivity index (χ0n) is 14.5. The van der Waals surface area contributed by atoms with Crippen LogP contribution in [0.1, 0.15) is 54.1 Å². The number of amides is 2. The molecule has 0 aromatic heterocycles. The average Bonchev–Trinajstić information content (AvgIpc) is 2.55. The molecule has 4 heteroatoms. The van der Waals surface area contributed by atoms with Crippen LogP contribution < -0.4 is 5.32 Å². The van der Waals surface area contributed by atoms with Gasteiger partial charge in [0, 0.05) is 31.6 Å². The molecule has 1 saturated heterocycles. The summed E-state index contributed by atoms with van der Waals surface area (Å²) in [5.41, 5.74) is 3.02. The van der Waals surface area contributed by atoms with Gasteiger partial charge in [-0.15, -0.1) is 0 Å². The average molecular weight is 316 g/mol. The monoisotopic (exact) mass is 316 g/mol. The molecule has 23 heavy (non-hydrogen) atoms. The molecule has 2 amide bonds. The van der Waals surface area contributed by atoms with Crippen molar-refractivity contribution in [2.24, 2.45) is 5.92 Å². The summed E-state index contributed by atoms with van der Waals surface area (Å²) in [7, 11) is 0. The first kappa shape index (κ1) is 17.5. The normalized spacial score (nSPS) is 17.9. The van der Waals surface area contributed by atoms with Gasteiger partial charge in [0.2, 0.25) is 5.91 Å². The van der Waals surface area contributed by atoms with Crippen molar-refractivity contribution in [3.8, 4) is 0 Å². The van der Waals surface area contributed by atoms with E-state index in [4.69, 9.17) is 0 Å². The van der Waals surface area contributed by atoms with E-state index >= 15 is 0 Å². The molecule has 0 radical (unpaired) electrons. The van der Waals surface area contributed by atoms with Crippen LogP contribution in [-0.4, -0.2) is 36.3 Å². The summed E-state index contributed by atoms with van der Waals surface area (Å²) in [4.78, 5) is 26.4. The Labute approximate surface area is 139 Å². The first-order valence-electron chi connectivity index (χ1n) is 8.65. The summed E-state index contributed by atoms with van der Waals surface area (Å²) in [6.07, 6.45) is 3.53. The van der Waals surface area contributed by atoms with Gasteiger partial charge in [-0.1, -0.05) is 19.1 Å². The molecule has 2 rings (SSSR count). The molecule has 0 aliphatic carbocycles. The van der Waals surface area contributed by atoms with E-state index in [1.807, 2.05) is 43.9 Å². The number of hydrogen-bond acceptors (Lipinski definition) is 2. The first-order chi connectivity index (χ1) is 11.0. The standard InChI is InChI=1S/C19H28N2O2/c1-4-7-18(22)20-12-16-9-6-11-21(13-16)19(23)17-10-5-8-14(2)15(17)3/h5,8,10,16H,4,6-7,9,11-13H2,1-3H3,(H,20,22). The second-order valence-electron chi connectivity index (χ2n) is 6.56. The van der Waals surface area contributed by atoms with Crippen LogP contribution in [0.25, 0.3) is 0 Å². The Kier molecular flexibility index (Phi) is 6.20. The highest BCUT2D eigenvalue weighted by Crippen LogP contribution is 2.21. The second-order valence-corrected chi connectivity index (χ2v) is 6.56. The van der Waals surface area contributed by atoms with Crippen molar-refractivity contribution in [1.29, 1.82) is 0 Å². The molecule has 1 heterocycles. The van der Waals surface area contributed by atoms with Gasteiger partial charge in [-0.25, -0.2) is 0 Å². The lowest BCUT2D eigenvalue weighted by atomic mass is 9.96. The summed E-state index contributed by atoms with van der Waals surface area (Å²) >= 11 is 0. The van der Waals surface area contributed by atoms with E-state index in [1.54, 1.807) is 0 Å². The number of carbonyl (C=O) groups excluding carboxylic acids is 2. The molecule has 1 N–H and O–H groups in total. The van der Waals surface area contributed by atoms with E-state index in [0.717, 1.165) is 49.0 Å². The third-order valence-electron chi connectivity index (χ3n) is 4.71. The minimum atomic E-state index is 0.116. The van der Waals surface area contributed by atoms with Gasteiger partial charge in [0.25, 0.3) is 5.91 Å². The predicted molar refractivity (Wildman–Crippen MR) is 92.5 cm³/mol. The van der Waals surface area contributed by atoms with Crippen molar-refractivity contribution in [3.63, 3.8) is 0 Å². The lowest BCUT2D eigenvalue weighted by Gasteiger charge is -2.33.